The minimum Gasteiger partial charge on any atom is -0.343 e. The lowest BCUT2D eigenvalue weighted by atomic mass is 9.81. The highest BCUT2D eigenvalue weighted by Crippen LogP contribution is 2.38. The highest BCUT2D eigenvalue weighted by molar-refractivity contribution is 6.05. The molecular weight excluding hydrogens is 318 g/mol. The first kappa shape index (κ1) is 17.0. The summed E-state index contributed by atoms with van der Waals surface area (Å²) in [6, 6.07) is 0. The minimum absolute atomic E-state index is 0.0287. The molecule has 0 aromatic carbocycles. The molecule has 2 unspecified atom stereocenters. The van der Waals surface area contributed by atoms with Crippen LogP contribution in [-0.2, 0) is 14.4 Å². The van der Waals surface area contributed by atoms with E-state index in [1.807, 2.05) is 4.90 Å². The summed E-state index contributed by atoms with van der Waals surface area (Å²) in [4.78, 5) is 41.0. The Morgan fingerprint density at radius 3 is 2.04 bits per heavy atom. The van der Waals surface area contributed by atoms with Crippen LogP contribution < -0.4 is 5.32 Å². The van der Waals surface area contributed by atoms with Gasteiger partial charge < -0.3 is 10.2 Å². The highest BCUT2D eigenvalue weighted by Gasteiger charge is 2.47. The molecule has 0 aromatic heterocycles. The zero-order valence-corrected chi connectivity index (χ0v) is 14.9. The predicted octanol–water partition coefficient (Wildman–Crippen LogP) is 1.01. The Bertz CT molecular complexity index is 526. The van der Waals surface area contributed by atoms with Gasteiger partial charge in [0.1, 0.15) is 0 Å². The van der Waals surface area contributed by atoms with E-state index < -0.39 is 0 Å². The summed E-state index contributed by atoms with van der Waals surface area (Å²) in [5, 5.41) is 3.45. The SMILES string of the molecule is O=C(CCN1C(=O)C2CCCCC2C1=O)N1CC[C@@H]2CNC[C@@H]2CC1. The molecule has 138 valence electrons. The zero-order chi connectivity index (χ0) is 17.4. The molecule has 3 aliphatic heterocycles. The fraction of sp³-hybridized carbons (Fsp3) is 0.842. The maximum Gasteiger partial charge on any atom is 0.233 e. The second kappa shape index (κ2) is 7.06. The molecule has 1 saturated carbocycles. The van der Waals surface area contributed by atoms with Crippen molar-refractivity contribution in [3.63, 3.8) is 0 Å². The normalized spacial score (nSPS) is 35.5. The van der Waals surface area contributed by atoms with E-state index in [1.54, 1.807) is 0 Å². The molecule has 25 heavy (non-hydrogen) atoms. The van der Waals surface area contributed by atoms with Crippen molar-refractivity contribution >= 4 is 17.7 Å². The first-order chi connectivity index (χ1) is 12.1. The summed E-state index contributed by atoms with van der Waals surface area (Å²) in [5.74, 6) is 1.22. The molecule has 3 amide bonds. The largest absolute Gasteiger partial charge is 0.343 e. The van der Waals surface area contributed by atoms with Crippen molar-refractivity contribution in [3.05, 3.63) is 0 Å². The number of nitrogens with zero attached hydrogens (tertiary/aromatic N) is 2. The van der Waals surface area contributed by atoms with Crippen molar-refractivity contribution in [2.24, 2.45) is 23.7 Å². The van der Waals surface area contributed by atoms with Crippen LogP contribution in [0, 0.1) is 23.7 Å². The van der Waals surface area contributed by atoms with Crippen LogP contribution >= 0.6 is 0 Å². The average Bonchev–Trinajstić information content (AvgIpc) is 3.10. The number of hydrogen-bond donors (Lipinski definition) is 1. The standard InChI is InChI=1S/C19H29N3O3/c23-17(21-8-5-13-11-20-12-14(13)6-9-21)7-10-22-18(24)15-3-1-2-4-16(15)19(22)25/h13-16,20H,1-12H2/t13-,14+,15?,16?. The van der Waals surface area contributed by atoms with Gasteiger partial charge in [-0.15, -0.1) is 0 Å². The van der Waals surface area contributed by atoms with Gasteiger partial charge in [-0.3, -0.25) is 19.3 Å². The van der Waals surface area contributed by atoms with E-state index in [0.717, 1.165) is 64.7 Å². The summed E-state index contributed by atoms with van der Waals surface area (Å²) in [7, 11) is 0. The maximum atomic E-state index is 12.6. The monoisotopic (exact) mass is 347 g/mol. The molecule has 0 bridgehead atoms. The summed E-state index contributed by atoms with van der Waals surface area (Å²) >= 11 is 0. The summed E-state index contributed by atoms with van der Waals surface area (Å²) < 4.78 is 0. The fourth-order valence-corrected chi connectivity index (χ4v) is 5.28. The van der Waals surface area contributed by atoms with Gasteiger partial charge in [-0.2, -0.15) is 0 Å². The van der Waals surface area contributed by atoms with Crippen molar-refractivity contribution in [2.75, 3.05) is 32.7 Å². The molecule has 4 rings (SSSR count). The molecule has 0 spiro atoms. The van der Waals surface area contributed by atoms with Crippen LogP contribution in [0.1, 0.15) is 44.9 Å². The number of carbonyl (C=O) groups is 3. The average molecular weight is 347 g/mol. The number of hydrogen-bond acceptors (Lipinski definition) is 4. The molecular formula is C19H29N3O3. The molecule has 0 aromatic rings. The first-order valence-corrected chi connectivity index (χ1v) is 9.99. The minimum atomic E-state index is -0.110. The van der Waals surface area contributed by atoms with Gasteiger partial charge in [-0.1, -0.05) is 12.8 Å². The van der Waals surface area contributed by atoms with E-state index in [2.05, 4.69) is 5.32 Å². The number of imide groups is 1. The van der Waals surface area contributed by atoms with Crippen molar-refractivity contribution in [1.82, 2.24) is 15.1 Å². The molecule has 1 N–H and O–H groups in total. The number of rotatable bonds is 3. The topological polar surface area (TPSA) is 69.7 Å². The Labute approximate surface area is 149 Å². The summed E-state index contributed by atoms with van der Waals surface area (Å²) in [6.45, 7) is 4.05. The van der Waals surface area contributed by atoms with Crippen molar-refractivity contribution < 1.29 is 14.4 Å². The van der Waals surface area contributed by atoms with Gasteiger partial charge in [0.25, 0.3) is 0 Å². The summed E-state index contributed by atoms with van der Waals surface area (Å²) in [6.07, 6.45) is 6.16. The Kier molecular flexibility index (Phi) is 4.80. The molecule has 6 nitrogen and oxygen atoms in total. The maximum absolute atomic E-state index is 12.6. The van der Waals surface area contributed by atoms with Gasteiger partial charge in [0, 0.05) is 26.1 Å². The molecule has 0 radical (unpaired) electrons. The van der Waals surface area contributed by atoms with Crippen molar-refractivity contribution in [2.45, 2.75) is 44.9 Å². The third kappa shape index (κ3) is 3.21. The van der Waals surface area contributed by atoms with E-state index in [4.69, 9.17) is 0 Å². The number of likely N-dealkylation sites (tertiary alicyclic amines) is 2. The molecule has 4 aliphatic rings. The first-order valence-electron chi connectivity index (χ1n) is 9.99. The lowest BCUT2D eigenvalue weighted by Gasteiger charge is -2.22. The predicted molar refractivity (Wildman–Crippen MR) is 92.4 cm³/mol. The molecule has 3 heterocycles. The second-order valence-electron chi connectivity index (χ2n) is 8.21. The van der Waals surface area contributed by atoms with Gasteiger partial charge in [-0.25, -0.2) is 0 Å². The fourth-order valence-electron chi connectivity index (χ4n) is 5.28. The van der Waals surface area contributed by atoms with E-state index in [-0.39, 0.29) is 42.5 Å². The Hall–Kier alpha value is -1.43. The van der Waals surface area contributed by atoms with Gasteiger partial charge >= 0.3 is 0 Å². The molecule has 3 saturated heterocycles. The van der Waals surface area contributed by atoms with E-state index >= 15 is 0 Å². The molecule has 4 fully saturated rings. The highest BCUT2D eigenvalue weighted by atomic mass is 16.2. The third-order valence-corrected chi connectivity index (χ3v) is 6.85. The van der Waals surface area contributed by atoms with Crippen molar-refractivity contribution in [1.29, 1.82) is 0 Å². The smallest absolute Gasteiger partial charge is 0.233 e. The number of nitrogens with one attached hydrogen (secondary N) is 1. The van der Waals surface area contributed by atoms with Crippen LogP contribution in [0.4, 0.5) is 0 Å². The number of amides is 3. The van der Waals surface area contributed by atoms with Gasteiger partial charge in [0.2, 0.25) is 17.7 Å². The van der Waals surface area contributed by atoms with Crippen LogP contribution in [0.25, 0.3) is 0 Å². The van der Waals surface area contributed by atoms with Crippen LogP contribution in [0.3, 0.4) is 0 Å². The van der Waals surface area contributed by atoms with Crippen LogP contribution in [0.15, 0.2) is 0 Å². The lowest BCUT2D eigenvalue weighted by Crippen LogP contribution is -2.38. The van der Waals surface area contributed by atoms with Crippen LogP contribution in [-0.4, -0.2) is 60.2 Å². The van der Waals surface area contributed by atoms with E-state index in [1.165, 1.54) is 4.90 Å². The quantitative estimate of drug-likeness (QED) is 0.774. The Morgan fingerprint density at radius 2 is 1.48 bits per heavy atom. The summed E-state index contributed by atoms with van der Waals surface area (Å²) in [5.41, 5.74) is 0. The van der Waals surface area contributed by atoms with Crippen molar-refractivity contribution in [3.8, 4) is 0 Å². The number of carbonyl (C=O) groups excluding carboxylic acids is 3. The lowest BCUT2D eigenvalue weighted by molar-refractivity contribution is -0.140. The third-order valence-electron chi connectivity index (χ3n) is 6.85. The molecule has 6 heteroatoms. The zero-order valence-electron chi connectivity index (χ0n) is 14.9. The Morgan fingerprint density at radius 1 is 0.920 bits per heavy atom. The van der Waals surface area contributed by atoms with E-state index in [9.17, 15) is 14.4 Å². The number of fused-ring (bicyclic) bond motifs is 2. The molecule has 1 aliphatic carbocycles. The second-order valence-corrected chi connectivity index (χ2v) is 8.21. The van der Waals surface area contributed by atoms with E-state index in [0.29, 0.717) is 11.8 Å². The van der Waals surface area contributed by atoms with Crippen LogP contribution in [0.2, 0.25) is 0 Å². The van der Waals surface area contributed by atoms with Gasteiger partial charge in [0.15, 0.2) is 0 Å². The molecule has 4 atom stereocenters. The Balaban J connectivity index is 1.31. The van der Waals surface area contributed by atoms with Crippen LogP contribution in [0.5, 0.6) is 0 Å². The van der Waals surface area contributed by atoms with Gasteiger partial charge in [-0.05, 0) is 50.6 Å². The van der Waals surface area contributed by atoms with Gasteiger partial charge in [0.05, 0.1) is 11.8 Å².